The van der Waals surface area contributed by atoms with E-state index in [0.29, 0.717) is 16.3 Å². The van der Waals surface area contributed by atoms with Gasteiger partial charge in [0.05, 0.1) is 5.56 Å². The molecule has 0 radical (unpaired) electrons. The summed E-state index contributed by atoms with van der Waals surface area (Å²) in [4.78, 5) is 12.1. The second kappa shape index (κ2) is 5.97. The van der Waals surface area contributed by atoms with Crippen molar-refractivity contribution in [2.75, 3.05) is 5.73 Å². The highest BCUT2D eigenvalue weighted by Crippen LogP contribution is 2.20. The lowest BCUT2D eigenvalue weighted by molar-refractivity contribution is 0.0473. The van der Waals surface area contributed by atoms with Crippen LogP contribution in [0, 0.1) is 13.8 Å². The minimum absolute atomic E-state index is 0.225. The summed E-state index contributed by atoms with van der Waals surface area (Å²) in [6, 6.07) is 10.7. The zero-order valence-electron chi connectivity index (χ0n) is 11.4. The van der Waals surface area contributed by atoms with Gasteiger partial charge in [-0.05, 0) is 48.7 Å². The predicted molar refractivity (Wildman–Crippen MR) is 80.9 cm³/mol. The lowest BCUT2D eigenvalue weighted by Gasteiger charge is -2.11. The Morgan fingerprint density at radius 2 is 1.85 bits per heavy atom. The second-order valence-corrected chi connectivity index (χ2v) is 5.11. The highest BCUT2D eigenvalue weighted by Gasteiger charge is 2.13. The van der Waals surface area contributed by atoms with E-state index in [1.165, 1.54) is 6.07 Å². The van der Waals surface area contributed by atoms with Crippen molar-refractivity contribution in [3.8, 4) is 0 Å². The average molecular weight is 290 g/mol. The van der Waals surface area contributed by atoms with Crippen molar-refractivity contribution >= 4 is 23.3 Å². The standard InChI is InChI=1S/C16H16ClNO2/c1-10-4-3-5-11(2)14(10)9-20-16(19)13-8-12(17)6-7-15(13)18/h3-8H,9,18H2,1-2H3. The average Bonchev–Trinajstić information content (AvgIpc) is 2.40. The van der Waals surface area contributed by atoms with Crippen LogP contribution in [0.5, 0.6) is 0 Å². The minimum Gasteiger partial charge on any atom is -0.457 e. The monoisotopic (exact) mass is 289 g/mol. The van der Waals surface area contributed by atoms with E-state index in [9.17, 15) is 4.79 Å². The molecule has 0 saturated heterocycles. The summed E-state index contributed by atoms with van der Waals surface area (Å²) in [5.74, 6) is -0.465. The summed E-state index contributed by atoms with van der Waals surface area (Å²) in [5.41, 5.74) is 9.62. The van der Waals surface area contributed by atoms with Crippen LogP contribution in [-0.2, 0) is 11.3 Å². The van der Waals surface area contributed by atoms with Gasteiger partial charge in [-0.25, -0.2) is 4.79 Å². The van der Waals surface area contributed by atoms with Crippen LogP contribution in [0.25, 0.3) is 0 Å². The molecular weight excluding hydrogens is 274 g/mol. The Hall–Kier alpha value is -2.00. The zero-order valence-corrected chi connectivity index (χ0v) is 12.2. The Morgan fingerprint density at radius 1 is 1.20 bits per heavy atom. The van der Waals surface area contributed by atoms with Crippen LogP contribution >= 0.6 is 11.6 Å². The number of anilines is 1. The van der Waals surface area contributed by atoms with Gasteiger partial charge in [0.1, 0.15) is 6.61 Å². The maximum atomic E-state index is 12.1. The van der Waals surface area contributed by atoms with Crippen molar-refractivity contribution in [3.63, 3.8) is 0 Å². The lowest BCUT2D eigenvalue weighted by Crippen LogP contribution is -2.09. The summed E-state index contributed by atoms with van der Waals surface area (Å²) in [6.45, 7) is 4.21. The summed E-state index contributed by atoms with van der Waals surface area (Å²) in [6.07, 6.45) is 0. The molecule has 0 bridgehead atoms. The molecule has 0 unspecified atom stereocenters. The molecule has 20 heavy (non-hydrogen) atoms. The molecule has 0 heterocycles. The summed E-state index contributed by atoms with van der Waals surface area (Å²) >= 11 is 5.87. The molecule has 0 aromatic heterocycles. The van der Waals surface area contributed by atoms with Crippen molar-refractivity contribution in [1.29, 1.82) is 0 Å². The molecule has 3 nitrogen and oxygen atoms in total. The number of rotatable bonds is 3. The smallest absolute Gasteiger partial charge is 0.340 e. The quantitative estimate of drug-likeness (QED) is 0.689. The Labute approximate surface area is 123 Å². The summed E-state index contributed by atoms with van der Waals surface area (Å²) in [5, 5.41) is 0.457. The van der Waals surface area contributed by atoms with Crippen LogP contribution in [0.1, 0.15) is 27.0 Å². The van der Waals surface area contributed by atoms with E-state index in [0.717, 1.165) is 16.7 Å². The van der Waals surface area contributed by atoms with E-state index in [2.05, 4.69) is 0 Å². The molecule has 2 aromatic rings. The number of ether oxygens (including phenoxy) is 1. The third-order valence-electron chi connectivity index (χ3n) is 3.23. The van der Waals surface area contributed by atoms with Gasteiger partial charge < -0.3 is 10.5 Å². The number of esters is 1. The normalized spacial score (nSPS) is 10.3. The molecule has 4 heteroatoms. The van der Waals surface area contributed by atoms with Gasteiger partial charge >= 0.3 is 5.97 Å². The molecule has 0 aliphatic rings. The van der Waals surface area contributed by atoms with Crippen LogP contribution in [0.4, 0.5) is 5.69 Å². The largest absolute Gasteiger partial charge is 0.457 e. The zero-order chi connectivity index (χ0) is 14.7. The predicted octanol–water partition coefficient (Wildman–Crippen LogP) is 3.90. The fraction of sp³-hybridized carbons (Fsp3) is 0.188. The molecular formula is C16H16ClNO2. The van der Waals surface area contributed by atoms with Crippen LogP contribution in [0.2, 0.25) is 5.02 Å². The fourth-order valence-corrected chi connectivity index (χ4v) is 2.17. The lowest BCUT2D eigenvalue weighted by atomic mass is 10.0. The number of nitrogens with two attached hydrogens (primary N) is 1. The Balaban J connectivity index is 2.15. The Kier molecular flexibility index (Phi) is 4.30. The van der Waals surface area contributed by atoms with E-state index in [1.807, 2.05) is 32.0 Å². The topological polar surface area (TPSA) is 52.3 Å². The van der Waals surface area contributed by atoms with Crippen molar-refractivity contribution in [3.05, 3.63) is 63.7 Å². The molecule has 0 aliphatic carbocycles. The molecule has 0 saturated carbocycles. The highest BCUT2D eigenvalue weighted by molar-refractivity contribution is 6.31. The van der Waals surface area contributed by atoms with Gasteiger partial charge in [-0.3, -0.25) is 0 Å². The molecule has 0 aliphatic heterocycles. The summed E-state index contributed by atoms with van der Waals surface area (Å²) < 4.78 is 5.33. The number of carbonyl (C=O) groups is 1. The maximum absolute atomic E-state index is 12.1. The number of hydrogen-bond acceptors (Lipinski definition) is 3. The number of nitrogen functional groups attached to an aromatic ring is 1. The minimum atomic E-state index is -0.465. The number of carbonyl (C=O) groups excluding carboxylic acids is 1. The molecule has 2 N–H and O–H groups in total. The first kappa shape index (κ1) is 14.4. The van der Waals surface area contributed by atoms with Crippen molar-refractivity contribution in [2.24, 2.45) is 0 Å². The van der Waals surface area contributed by atoms with Gasteiger partial charge in [0.2, 0.25) is 0 Å². The molecule has 2 aromatic carbocycles. The molecule has 0 fully saturated rings. The van der Waals surface area contributed by atoms with Crippen molar-refractivity contribution in [1.82, 2.24) is 0 Å². The van der Waals surface area contributed by atoms with Gasteiger partial charge in [0.25, 0.3) is 0 Å². The van der Waals surface area contributed by atoms with Crippen LogP contribution in [-0.4, -0.2) is 5.97 Å². The Morgan fingerprint density at radius 3 is 2.50 bits per heavy atom. The third kappa shape index (κ3) is 3.11. The van der Waals surface area contributed by atoms with Crippen LogP contribution in [0.15, 0.2) is 36.4 Å². The number of aryl methyl sites for hydroxylation is 2. The van der Waals surface area contributed by atoms with Gasteiger partial charge in [-0.1, -0.05) is 29.8 Å². The first-order chi connectivity index (χ1) is 9.49. The van der Waals surface area contributed by atoms with E-state index in [4.69, 9.17) is 22.1 Å². The molecule has 104 valence electrons. The maximum Gasteiger partial charge on any atom is 0.340 e. The summed E-state index contributed by atoms with van der Waals surface area (Å²) in [7, 11) is 0. The molecule has 0 amide bonds. The van der Waals surface area contributed by atoms with Gasteiger partial charge in [0, 0.05) is 10.7 Å². The third-order valence-corrected chi connectivity index (χ3v) is 3.46. The molecule has 0 atom stereocenters. The van der Waals surface area contributed by atoms with Crippen LogP contribution < -0.4 is 5.73 Å². The Bertz CT molecular complexity index is 633. The molecule has 0 spiro atoms. The van der Waals surface area contributed by atoms with Crippen LogP contribution in [0.3, 0.4) is 0 Å². The molecule has 2 rings (SSSR count). The van der Waals surface area contributed by atoms with E-state index < -0.39 is 5.97 Å². The van der Waals surface area contributed by atoms with E-state index >= 15 is 0 Å². The van der Waals surface area contributed by atoms with Gasteiger partial charge in [-0.2, -0.15) is 0 Å². The first-order valence-corrected chi connectivity index (χ1v) is 6.64. The number of hydrogen-bond donors (Lipinski definition) is 1. The van der Waals surface area contributed by atoms with Gasteiger partial charge in [0.15, 0.2) is 0 Å². The number of halogens is 1. The second-order valence-electron chi connectivity index (χ2n) is 4.68. The van der Waals surface area contributed by atoms with E-state index in [-0.39, 0.29) is 6.61 Å². The first-order valence-electron chi connectivity index (χ1n) is 6.26. The van der Waals surface area contributed by atoms with Crippen molar-refractivity contribution in [2.45, 2.75) is 20.5 Å². The fourth-order valence-electron chi connectivity index (χ4n) is 2.00. The highest BCUT2D eigenvalue weighted by atomic mass is 35.5. The van der Waals surface area contributed by atoms with Gasteiger partial charge in [-0.15, -0.1) is 0 Å². The van der Waals surface area contributed by atoms with E-state index in [1.54, 1.807) is 12.1 Å². The number of benzene rings is 2. The van der Waals surface area contributed by atoms with Crippen molar-refractivity contribution < 1.29 is 9.53 Å². The SMILES string of the molecule is Cc1cccc(C)c1COC(=O)c1cc(Cl)ccc1N.